The summed E-state index contributed by atoms with van der Waals surface area (Å²) in [4.78, 5) is 12.9. The van der Waals surface area contributed by atoms with Gasteiger partial charge in [0.05, 0.1) is 10.9 Å². The normalized spacial score (nSPS) is 18.1. The summed E-state index contributed by atoms with van der Waals surface area (Å²) in [6.45, 7) is 0. The van der Waals surface area contributed by atoms with Crippen molar-refractivity contribution in [2.75, 3.05) is 0 Å². The van der Waals surface area contributed by atoms with Crippen molar-refractivity contribution in [3.8, 4) is 0 Å². The summed E-state index contributed by atoms with van der Waals surface area (Å²) in [5.41, 5.74) is 1.86. The highest BCUT2D eigenvalue weighted by Crippen LogP contribution is 2.36. The van der Waals surface area contributed by atoms with E-state index in [9.17, 15) is 17.6 Å². The molecule has 0 radical (unpaired) electrons. The van der Waals surface area contributed by atoms with Gasteiger partial charge >= 0.3 is 0 Å². The highest BCUT2D eigenvalue weighted by atomic mass is 32.2. The SMILES string of the molecule is O=C(CCc1ccc(S(=O)(=O)NC2CC2)cc1)NC(c1ccc(F)cc1)C1CCCC1. The molecule has 1 amide bonds. The van der Waals surface area contributed by atoms with Crippen molar-refractivity contribution in [2.45, 2.75) is 68.3 Å². The van der Waals surface area contributed by atoms with Crippen LogP contribution in [0.25, 0.3) is 0 Å². The number of halogens is 1. The Morgan fingerprint density at radius 3 is 2.23 bits per heavy atom. The average Bonchev–Trinajstić information content (AvgIpc) is 3.39. The lowest BCUT2D eigenvalue weighted by atomic mass is 9.91. The van der Waals surface area contributed by atoms with Crippen LogP contribution in [0.3, 0.4) is 0 Å². The second kappa shape index (κ2) is 9.49. The molecule has 2 aliphatic carbocycles. The van der Waals surface area contributed by atoms with Gasteiger partial charge in [0.2, 0.25) is 15.9 Å². The summed E-state index contributed by atoms with van der Waals surface area (Å²) in [6.07, 6.45) is 7.07. The number of hydrogen-bond acceptors (Lipinski definition) is 3. The predicted octanol–water partition coefficient (Wildman–Crippen LogP) is 4.25. The number of nitrogens with one attached hydrogen (secondary N) is 2. The highest BCUT2D eigenvalue weighted by Gasteiger charge is 2.29. The van der Waals surface area contributed by atoms with Gasteiger partial charge in [-0.05, 0) is 73.4 Å². The summed E-state index contributed by atoms with van der Waals surface area (Å²) < 4.78 is 40.5. The Hall–Kier alpha value is -2.25. The van der Waals surface area contributed by atoms with Crippen LogP contribution in [-0.2, 0) is 21.2 Å². The Labute approximate surface area is 183 Å². The molecular formula is C24H29FN2O3S. The van der Waals surface area contributed by atoms with Crippen LogP contribution < -0.4 is 10.0 Å². The van der Waals surface area contributed by atoms with Gasteiger partial charge in [-0.3, -0.25) is 4.79 Å². The third-order valence-corrected chi connectivity index (χ3v) is 7.73. The Balaban J connectivity index is 1.35. The Morgan fingerprint density at radius 2 is 1.61 bits per heavy atom. The molecule has 7 heteroatoms. The summed E-state index contributed by atoms with van der Waals surface area (Å²) in [6, 6.07) is 13.1. The standard InChI is InChI=1S/C24H29FN2O3S/c25-20-10-8-19(9-11-20)24(18-3-1-2-4-18)26-23(28)16-7-17-5-14-22(15-6-17)31(29,30)27-21-12-13-21/h5-6,8-11,14-15,18,21,24,27H,1-4,7,12-13,16H2,(H,26,28). The summed E-state index contributed by atoms with van der Waals surface area (Å²) in [5, 5.41) is 3.16. The maximum absolute atomic E-state index is 13.3. The van der Waals surface area contributed by atoms with Crippen LogP contribution in [0.4, 0.5) is 4.39 Å². The lowest BCUT2D eigenvalue weighted by molar-refractivity contribution is -0.122. The zero-order valence-electron chi connectivity index (χ0n) is 17.5. The maximum atomic E-state index is 13.3. The first-order chi connectivity index (χ1) is 14.9. The first-order valence-corrected chi connectivity index (χ1v) is 12.6. The van der Waals surface area contributed by atoms with Gasteiger partial charge in [0.25, 0.3) is 0 Å². The van der Waals surface area contributed by atoms with Crippen LogP contribution in [0, 0.1) is 11.7 Å². The molecule has 0 saturated heterocycles. The number of sulfonamides is 1. The second-order valence-corrected chi connectivity index (χ2v) is 10.4. The molecule has 0 spiro atoms. The van der Waals surface area contributed by atoms with E-state index in [1.54, 1.807) is 36.4 Å². The van der Waals surface area contributed by atoms with E-state index in [1.165, 1.54) is 12.1 Å². The predicted molar refractivity (Wildman–Crippen MR) is 117 cm³/mol. The van der Waals surface area contributed by atoms with Crippen molar-refractivity contribution in [3.05, 3.63) is 65.5 Å². The molecule has 2 saturated carbocycles. The number of rotatable bonds is 9. The van der Waals surface area contributed by atoms with Crippen LogP contribution >= 0.6 is 0 Å². The molecule has 0 aromatic heterocycles. The minimum absolute atomic E-state index is 0.0478. The van der Waals surface area contributed by atoms with Gasteiger partial charge in [0.1, 0.15) is 5.82 Å². The van der Waals surface area contributed by atoms with E-state index in [1.807, 2.05) is 0 Å². The molecule has 2 aromatic rings. The number of carbonyl (C=O) groups is 1. The molecule has 4 rings (SSSR count). The molecule has 0 aliphatic heterocycles. The number of carbonyl (C=O) groups excluding carboxylic acids is 1. The molecule has 0 bridgehead atoms. The molecule has 1 atom stereocenters. The van der Waals surface area contributed by atoms with Crippen LogP contribution in [0.15, 0.2) is 53.4 Å². The number of aryl methyl sites for hydroxylation is 1. The van der Waals surface area contributed by atoms with Crippen molar-refractivity contribution in [2.24, 2.45) is 5.92 Å². The van der Waals surface area contributed by atoms with E-state index in [0.717, 1.165) is 49.7 Å². The zero-order chi connectivity index (χ0) is 21.8. The van der Waals surface area contributed by atoms with E-state index in [2.05, 4.69) is 10.0 Å². The van der Waals surface area contributed by atoms with Crippen LogP contribution in [0.2, 0.25) is 0 Å². The van der Waals surface area contributed by atoms with E-state index in [-0.39, 0.29) is 28.7 Å². The third kappa shape index (κ3) is 5.92. The van der Waals surface area contributed by atoms with Crippen molar-refractivity contribution in [1.29, 1.82) is 0 Å². The Bertz CT molecular complexity index is 996. The number of amides is 1. The monoisotopic (exact) mass is 444 g/mol. The minimum atomic E-state index is -3.46. The van der Waals surface area contributed by atoms with Gasteiger partial charge in [-0.2, -0.15) is 0 Å². The molecule has 31 heavy (non-hydrogen) atoms. The fourth-order valence-corrected chi connectivity index (χ4v) is 5.57. The largest absolute Gasteiger partial charge is 0.349 e. The first kappa shape index (κ1) is 22.0. The quantitative estimate of drug-likeness (QED) is 0.607. The van der Waals surface area contributed by atoms with Crippen molar-refractivity contribution < 1.29 is 17.6 Å². The molecule has 0 heterocycles. The lowest BCUT2D eigenvalue weighted by Crippen LogP contribution is -2.32. The van der Waals surface area contributed by atoms with Gasteiger partial charge in [0, 0.05) is 12.5 Å². The van der Waals surface area contributed by atoms with Crippen LogP contribution in [0.1, 0.15) is 62.1 Å². The Kier molecular flexibility index (Phi) is 6.72. The molecular weight excluding hydrogens is 415 g/mol. The van der Waals surface area contributed by atoms with Gasteiger partial charge in [-0.25, -0.2) is 17.5 Å². The molecule has 166 valence electrons. The summed E-state index contributed by atoms with van der Waals surface area (Å²) >= 11 is 0. The minimum Gasteiger partial charge on any atom is -0.349 e. The van der Waals surface area contributed by atoms with E-state index in [4.69, 9.17) is 0 Å². The Morgan fingerprint density at radius 1 is 0.968 bits per heavy atom. The second-order valence-electron chi connectivity index (χ2n) is 8.68. The van der Waals surface area contributed by atoms with Crippen LogP contribution in [0.5, 0.6) is 0 Å². The molecule has 1 unspecified atom stereocenters. The first-order valence-electron chi connectivity index (χ1n) is 11.1. The maximum Gasteiger partial charge on any atom is 0.240 e. The van der Waals surface area contributed by atoms with Crippen molar-refractivity contribution in [3.63, 3.8) is 0 Å². The van der Waals surface area contributed by atoms with Crippen LogP contribution in [-0.4, -0.2) is 20.4 Å². The molecule has 5 nitrogen and oxygen atoms in total. The summed E-state index contributed by atoms with van der Waals surface area (Å²) in [5.74, 6) is 0.0456. The van der Waals surface area contributed by atoms with Gasteiger partial charge in [-0.15, -0.1) is 0 Å². The topological polar surface area (TPSA) is 75.3 Å². The highest BCUT2D eigenvalue weighted by molar-refractivity contribution is 7.89. The lowest BCUT2D eigenvalue weighted by Gasteiger charge is -2.25. The van der Waals surface area contributed by atoms with E-state index < -0.39 is 10.0 Å². The van der Waals surface area contributed by atoms with Gasteiger partial charge in [0.15, 0.2) is 0 Å². The molecule has 2 fully saturated rings. The third-order valence-electron chi connectivity index (χ3n) is 6.19. The van der Waals surface area contributed by atoms with Gasteiger partial charge < -0.3 is 5.32 Å². The van der Waals surface area contributed by atoms with Crippen molar-refractivity contribution in [1.82, 2.24) is 10.0 Å². The smallest absolute Gasteiger partial charge is 0.240 e. The fraction of sp³-hybridized carbons (Fsp3) is 0.458. The van der Waals surface area contributed by atoms with E-state index in [0.29, 0.717) is 18.8 Å². The number of hydrogen-bond donors (Lipinski definition) is 2. The molecule has 2 aliphatic rings. The number of benzene rings is 2. The molecule has 2 N–H and O–H groups in total. The fourth-order valence-electron chi connectivity index (χ4n) is 4.26. The zero-order valence-corrected chi connectivity index (χ0v) is 18.3. The van der Waals surface area contributed by atoms with E-state index >= 15 is 0 Å². The van der Waals surface area contributed by atoms with Crippen molar-refractivity contribution >= 4 is 15.9 Å². The molecule has 2 aromatic carbocycles. The van der Waals surface area contributed by atoms with Gasteiger partial charge in [-0.1, -0.05) is 37.1 Å². The average molecular weight is 445 g/mol. The summed E-state index contributed by atoms with van der Waals surface area (Å²) in [7, 11) is -3.46.